The predicted molar refractivity (Wildman–Crippen MR) is 106 cm³/mol. The van der Waals surface area contributed by atoms with E-state index in [1.54, 1.807) is 28.3 Å². The Kier molecular flexibility index (Phi) is 5.99. The van der Waals surface area contributed by atoms with Crippen molar-refractivity contribution in [3.8, 4) is 22.8 Å². The molecule has 8 nitrogen and oxygen atoms in total. The highest BCUT2D eigenvalue weighted by molar-refractivity contribution is 7.90. The summed E-state index contributed by atoms with van der Waals surface area (Å²) in [6.07, 6.45) is 0. The molecule has 0 bridgehead atoms. The van der Waals surface area contributed by atoms with E-state index in [4.69, 9.17) is 9.47 Å². The minimum Gasteiger partial charge on any atom is -0.493 e. The monoisotopic (exact) mass is 437 g/mol. The molecule has 0 atom stereocenters. The summed E-state index contributed by atoms with van der Waals surface area (Å²) in [6.45, 7) is 0. The van der Waals surface area contributed by atoms with Gasteiger partial charge in [0.2, 0.25) is 0 Å². The van der Waals surface area contributed by atoms with Gasteiger partial charge in [-0.2, -0.15) is 0 Å². The topological polar surface area (TPSA) is 107 Å². The maximum atomic E-state index is 13.7. The van der Waals surface area contributed by atoms with Crippen LogP contribution in [0.25, 0.3) is 11.3 Å². The van der Waals surface area contributed by atoms with Crippen LogP contribution in [0.2, 0.25) is 0 Å². The third kappa shape index (κ3) is 4.63. The number of anilines is 1. The van der Waals surface area contributed by atoms with Gasteiger partial charge in [0, 0.05) is 10.9 Å². The summed E-state index contributed by atoms with van der Waals surface area (Å²) < 4.78 is 50.2. The van der Waals surface area contributed by atoms with Crippen LogP contribution < -0.4 is 19.5 Å². The molecule has 2 N–H and O–H groups in total. The molecule has 0 spiro atoms. The number of aromatic nitrogens is 1. The first-order chi connectivity index (χ1) is 13.8. The van der Waals surface area contributed by atoms with Crippen LogP contribution in [0.15, 0.2) is 52.7 Å². The van der Waals surface area contributed by atoms with Crippen LogP contribution in [0.5, 0.6) is 11.5 Å². The van der Waals surface area contributed by atoms with Crippen molar-refractivity contribution in [1.29, 1.82) is 0 Å². The van der Waals surface area contributed by atoms with Gasteiger partial charge in [0.25, 0.3) is 10.0 Å². The molecule has 0 saturated carbocycles. The number of nitrogens with zero attached hydrogens (tertiary/aromatic N) is 1. The summed E-state index contributed by atoms with van der Waals surface area (Å²) in [5.74, 6) is 0.113. The smallest absolute Gasteiger partial charge is 0.334 e. The van der Waals surface area contributed by atoms with Gasteiger partial charge < -0.3 is 9.47 Å². The molecule has 0 fully saturated rings. The molecule has 0 aliphatic heterocycles. The highest BCUT2D eigenvalue weighted by Crippen LogP contribution is 2.33. The van der Waals surface area contributed by atoms with Gasteiger partial charge in [-0.05, 0) is 30.3 Å². The van der Waals surface area contributed by atoms with E-state index in [9.17, 15) is 17.6 Å². The van der Waals surface area contributed by atoms with Gasteiger partial charge in [0.05, 0.1) is 19.9 Å². The van der Waals surface area contributed by atoms with Gasteiger partial charge >= 0.3 is 6.03 Å². The zero-order chi connectivity index (χ0) is 21.0. The highest BCUT2D eigenvalue weighted by Gasteiger charge is 2.22. The first-order valence-electron chi connectivity index (χ1n) is 8.10. The number of methoxy groups -OCH3 is 2. The highest BCUT2D eigenvalue weighted by atomic mass is 32.2. The number of hydrogen-bond acceptors (Lipinski definition) is 7. The van der Waals surface area contributed by atoms with Crippen molar-refractivity contribution in [3.63, 3.8) is 0 Å². The number of sulfonamides is 1. The fourth-order valence-electron chi connectivity index (χ4n) is 2.42. The lowest BCUT2D eigenvalue weighted by molar-refractivity contribution is 0.256. The Morgan fingerprint density at radius 2 is 1.83 bits per heavy atom. The molecular weight excluding hydrogens is 421 g/mol. The van der Waals surface area contributed by atoms with E-state index in [1.807, 2.05) is 0 Å². The predicted octanol–water partition coefficient (Wildman–Crippen LogP) is 3.48. The molecular formula is C18H16FN3O5S2. The zero-order valence-corrected chi connectivity index (χ0v) is 16.9. The number of rotatable bonds is 6. The van der Waals surface area contributed by atoms with E-state index in [2.05, 4.69) is 10.3 Å². The third-order valence-electron chi connectivity index (χ3n) is 3.76. The largest absolute Gasteiger partial charge is 0.493 e. The van der Waals surface area contributed by atoms with E-state index in [0.29, 0.717) is 22.8 Å². The maximum absolute atomic E-state index is 13.7. The van der Waals surface area contributed by atoms with E-state index >= 15 is 0 Å². The van der Waals surface area contributed by atoms with Crippen LogP contribution in [0.4, 0.5) is 14.3 Å². The summed E-state index contributed by atoms with van der Waals surface area (Å²) >= 11 is 1.10. The fourth-order valence-corrected chi connectivity index (χ4v) is 4.12. The molecule has 0 aliphatic carbocycles. The second kappa shape index (κ2) is 8.45. The molecule has 3 rings (SSSR count). The van der Waals surface area contributed by atoms with Crippen molar-refractivity contribution in [2.75, 3.05) is 19.5 Å². The van der Waals surface area contributed by atoms with Crippen LogP contribution in [0.3, 0.4) is 0 Å². The quantitative estimate of drug-likeness (QED) is 0.612. The van der Waals surface area contributed by atoms with Crippen molar-refractivity contribution in [2.45, 2.75) is 4.90 Å². The molecule has 0 unspecified atom stereocenters. The van der Waals surface area contributed by atoms with Gasteiger partial charge in [-0.15, -0.1) is 11.3 Å². The Morgan fingerprint density at radius 1 is 1.10 bits per heavy atom. The molecule has 2 aromatic carbocycles. The van der Waals surface area contributed by atoms with Crippen molar-refractivity contribution < 1.29 is 27.1 Å². The summed E-state index contributed by atoms with van der Waals surface area (Å²) in [5.41, 5.74) is 1.26. The lowest BCUT2D eigenvalue weighted by atomic mass is 10.1. The summed E-state index contributed by atoms with van der Waals surface area (Å²) in [4.78, 5) is 15.7. The van der Waals surface area contributed by atoms with E-state index in [1.165, 1.54) is 26.4 Å². The molecule has 1 heterocycles. The number of halogens is 1. The molecule has 0 radical (unpaired) electrons. The average Bonchev–Trinajstić information content (AvgIpc) is 3.15. The SMILES string of the molecule is COc1ccc(-c2csc(NC(=O)NS(=O)(=O)c3ccccc3F)n2)cc1OC. The van der Waals surface area contributed by atoms with Gasteiger partial charge in [0.15, 0.2) is 16.6 Å². The Labute approximate surface area is 170 Å². The number of urea groups is 1. The van der Waals surface area contributed by atoms with Crippen LogP contribution in [0.1, 0.15) is 0 Å². The molecule has 29 heavy (non-hydrogen) atoms. The van der Waals surface area contributed by atoms with Crippen molar-refractivity contribution in [1.82, 2.24) is 9.71 Å². The molecule has 0 saturated heterocycles. The second-order valence-electron chi connectivity index (χ2n) is 5.60. The van der Waals surface area contributed by atoms with Gasteiger partial charge in [0.1, 0.15) is 10.7 Å². The van der Waals surface area contributed by atoms with Crippen LogP contribution in [0, 0.1) is 5.82 Å². The standard InChI is InChI=1S/C18H16FN3O5S2/c1-26-14-8-7-11(9-15(14)27-2)13-10-28-18(20-13)21-17(23)22-29(24,25)16-6-4-3-5-12(16)19/h3-10H,1-2H3,(H2,20,21,22,23). The molecule has 1 aromatic heterocycles. The lowest BCUT2D eigenvalue weighted by Crippen LogP contribution is -2.34. The number of benzene rings is 2. The number of thiazole rings is 1. The molecule has 152 valence electrons. The van der Waals surface area contributed by atoms with Gasteiger partial charge in [-0.3, -0.25) is 5.32 Å². The third-order valence-corrected chi connectivity index (χ3v) is 5.88. The first kappa shape index (κ1) is 20.6. The van der Waals surface area contributed by atoms with Crippen molar-refractivity contribution >= 4 is 32.5 Å². The molecule has 11 heteroatoms. The minimum atomic E-state index is -4.36. The van der Waals surface area contributed by atoms with Crippen LogP contribution in [-0.4, -0.2) is 33.7 Å². The van der Waals surface area contributed by atoms with Gasteiger partial charge in [-0.25, -0.2) is 27.3 Å². The molecule has 3 aromatic rings. The Balaban J connectivity index is 1.73. The van der Waals surface area contributed by atoms with Crippen LogP contribution >= 0.6 is 11.3 Å². The Bertz CT molecular complexity index is 1150. The van der Waals surface area contributed by atoms with Crippen LogP contribution in [-0.2, 0) is 10.0 Å². The Hall–Kier alpha value is -3.18. The normalized spacial score (nSPS) is 11.0. The number of hydrogen-bond donors (Lipinski definition) is 2. The molecule has 2 amide bonds. The average molecular weight is 437 g/mol. The van der Waals surface area contributed by atoms with E-state index in [-0.39, 0.29) is 5.13 Å². The second-order valence-corrected chi connectivity index (χ2v) is 8.11. The zero-order valence-electron chi connectivity index (χ0n) is 15.3. The summed E-state index contributed by atoms with van der Waals surface area (Å²) in [7, 11) is -1.33. The van der Waals surface area contributed by atoms with Crippen molar-refractivity contribution in [3.05, 3.63) is 53.7 Å². The first-order valence-corrected chi connectivity index (χ1v) is 10.5. The summed E-state index contributed by atoms with van der Waals surface area (Å²) in [5, 5.41) is 4.17. The number of amides is 2. The van der Waals surface area contributed by atoms with Gasteiger partial charge in [-0.1, -0.05) is 12.1 Å². The number of carbonyl (C=O) groups is 1. The van der Waals surface area contributed by atoms with Crippen molar-refractivity contribution in [2.24, 2.45) is 0 Å². The number of carbonyl (C=O) groups excluding carboxylic acids is 1. The number of nitrogens with one attached hydrogen (secondary N) is 2. The molecule has 0 aliphatic rings. The van der Waals surface area contributed by atoms with E-state index < -0.39 is 26.8 Å². The minimum absolute atomic E-state index is 0.163. The van der Waals surface area contributed by atoms with E-state index in [0.717, 1.165) is 23.5 Å². The lowest BCUT2D eigenvalue weighted by Gasteiger charge is -2.08. The maximum Gasteiger partial charge on any atom is 0.334 e. The number of ether oxygens (including phenoxy) is 2. The summed E-state index contributed by atoms with van der Waals surface area (Å²) in [6, 6.07) is 8.90. The Morgan fingerprint density at radius 3 is 2.52 bits per heavy atom. The fraction of sp³-hybridized carbons (Fsp3) is 0.111.